The van der Waals surface area contributed by atoms with Gasteiger partial charge in [0.05, 0.1) is 23.8 Å². The number of carboxylic acids is 1. The average molecular weight is 321 g/mol. The molecule has 4 heteroatoms. The summed E-state index contributed by atoms with van der Waals surface area (Å²) in [6.45, 7) is 4.84. The molecular weight excluding hydrogens is 302 g/mol. The van der Waals surface area contributed by atoms with Gasteiger partial charge in [-0.25, -0.2) is 4.79 Å². The number of carboxylic acid groups (broad SMARTS) is 1. The lowest BCUT2D eigenvalue weighted by atomic mass is 10.0. The first-order chi connectivity index (χ1) is 11.5. The van der Waals surface area contributed by atoms with Gasteiger partial charge in [-0.2, -0.15) is 5.26 Å². The highest BCUT2D eigenvalue weighted by atomic mass is 16.5. The minimum atomic E-state index is -0.985. The summed E-state index contributed by atoms with van der Waals surface area (Å²) in [5.74, 6) is 0.273. The van der Waals surface area contributed by atoms with Gasteiger partial charge in [0, 0.05) is 0 Å². The molecule has 0 aliphatic heterocycles. The highest BCUT2D eigenvalue weighted by Gasteiger charge is 2.05. The van der Waals surface area contributed by atoms with Crippen LogP contribution in [0.1, 0.15) is 35.3 Å². The Morgan fingerprint density at radius 1 is 1.12 bits per heavy atom. The molecule has 2 rings (SSSR count). The Kier molecular flexibility index (Phi) is 5.75. The van der Waals surface area contributed by atoms with Gasteiger partial charge in [0.25, 0.3) is 0 Å². The Balaban J connectivity index is 2.18. The van der Waals surface area contributed by atoms with E-state index in [1.54, 1.807) is 18.2 Å². The fraction of sp³-hybridized carbons (Fsp3) is 0.200. The third kappa shape index (κ3) is 4.72. The second-order valence-corrected chi connectivity index (χ2v) is 5.83. The third-order valence-corrected chi connectivity index (χ3v) is 3.34. The van der Waals surface area contributed by atoms with Crippen molar-refractivity contribution in [1.29, 1.82) is 5.26 Å². The van der Waals surface area contributed by atoms with E-state index in [4.69, 9.17) is 9.84 Å². The maximum atomic E-state index is 10.9. The monoisotopic (exact) mass is 321 g/mol. The van der Waals surface area contributed by atoms with Crippen LogP contribution in [0, 0.1) is 17.2 Å². The molecule has 2 aromatic rings. The van der Waals surface area contributed by atoms with E-state index in [2.05, 4.69) is 19.9 Å². The van der Waals surface area contributed by atoms with Crippen LogP contribution in [0.25, 0.3) is 11.6 Å². The topological polar surface area (TPSA) is 70.3 Å². The Bertz CT molecular complexity index is 766. The summed E-state index contributed by atoms with van der Waals surface area (Å²) in [6.07, 6.45) is 1.77. The Hall–Kier alpha value is -3.06. The van der Waals surface area contributed by atoms with Crippen molar-refractivity contribution in [3.8, 4) is 11.8 Å². The number of nitrogens with zero attached hydrogens (tertiary/aromatic N) is 1. The van der Waals surface area contributed by atoms with Gasteiger partial charge < -0.3 is 9.84 Å². The normalized spacial score (nSPS) is 11.2. The zero-order valence-corrected chi connectivity index (χ0v) is 13.7. The Morgan fingerprint density at radius 3 is 2.21 bits per heavy atom. The molecule has 0 aliphatic rings. The number of aromatic carboxylic acids is 1. The van der Waals surface area contributed by atoms with E-state index >= 15 is 0 Å². The van der Waals surface area contributed by atoms with Gasteiger partial charge in [-0.1, -0.05) is 38.1 Å². The summed E-state index contributed by atoms with van der Waals surface area (Å²) in [5.41, 5.74) is 2.24. The van der Waals surface area contributed by atoms with E-state index in [9.17, 15) is 10.1 Å². The number of hydrogen-bond donors (Lipinski definition) is 1. The van der Waals surface area contributed by atoms with Crippen LogP contribution in [0.2, 0.25) is 0 Å². The van der Waals surface area contributed by atoms with Gasteiger partial charge in [-0.15, -0.1) is 0 Å². The van der Waals surface area contributed by atoms with Gasteiger partial charge in [-0.3, -0.25) is 0 Å². The Morgan fingerprint density at radius 2 is 1.71 bits per heavy atom. The summed E-state index contributed by atoms with van der Waals surface area (Å²) in [4.78, 5) is 10.9. The van der Waals surface area contributed by atoms with E-state index < -0.39 is 5.97 Å². The quantitative estimate of drug-likeness (QED) is 0.629. The molecule has 1 N–H and O–H groups in total. The number of allylic oxidation sites excluding steroid dienone is 1. The number of hydrogen-bond acceptors (Lipinski definition) is 3. The van der Waals surface area contributed by atoms with Crippen LogP contribution in [-0.2, 0) is 0 Å². The van der Waals surface area contributed by atoms with Gasteiger partial charge in [0.2, 0.25) is 0 Å². The van der Waals surface area contributed by atoms with E-state index in [0.29, 0.717) is 23.7 Å². The maximum Gasteiger partial charge on any atom is 0.335 e. The average Bonchev–Trinajstić information content (AvgIpc) is 2.59. The number of benzene rings is 2. The van der Waals surface area contributed by atoms with Crippen LogP contribution in [0.5, 0.6) is 5.75 Å². The molecule has 4 nitrogen and oxygen atoms in total. The zero-order chi connectivity index (χ0) is 17.5. The maximum absolute atomic E-state index is 10.9. The number of nitriles is 1. The van der Waals surface area contributed by atoms with Gasteiger partial charge in [0.1, 0.15) is 5.75 Å². The van der Waals surface area contributed by atoms with Gasteiger partial charge in [-0.05, 0) is 47.4 Å². The minimum Gasteiger partial charge on any atom is -0.493 e. The van der Waals surface area contributed by atoms with Crippen molar-refractivity contribution < 1.29 is 14.6 Å². The van der Waals surface area contributed by atoms with Crippen molar-refractivity contribution >= 4 is 17.6 Å². The number of rotatable bonds is 6. The standard InChI is InChI=1S/C20H19NO3/c1-14(2)13-24-19-9-3-15(4-10-19)11-18(12-21)16-5-7-17(8-6-16)20(22)23/h3-11,14H,13H2,1-2H3,(H,22,23)/b18-11-. The first-order valence-corrected chi connectivity index (χ1v) is 7.68. The first-order valence-electron chi connectivity index (χ1n) is 7.68. The fourth-order valence-corrected chi connectivity index (χ4v) is 2.06. The van der Waals surface area contributed by atoms with Crippen molar-refractivity contribution in [2.24, 2.45) is 5.92 Å². The lowest BCUT2D eigenvalue weighted by molar-refractivity contribution is 0.0697. The molecule has 0 aromatic heterocycles. The predicted octanol–water partition coefficient (Wildman–Crippen LogP) is 4.48. The van der Waals surface area contributed by atoms with Crippen LogP contribution < -0.4 is 4.74 Å². The molecule has 0 unspecified atom stereocenters. The first kappa shape index (κ1) is 17.3. The molecule has 0 saturated heterocycles. The number of ether oxygens (including phenoxy) is 1. The smallest absolute Gasteiger partial charge is 0.335 e. The van der Waals surface area contributed by atoms with E-state index in [-0.39, 0.29) is 5.56 Å². The molecular formula is C20H19NO3. The summed E-state index contributed by atoms with van der Waals surface area (Å²) in [5, 5.41) is 18.3. The minimum absolute atomic E-state index is 0.197. The van der Waals surface area contributed by atoms with E-state index in [1.165, 1.54) is 12.1 Å². The van der Waals surface area contributed by atoms with Crippen LogP contribution in [0.4, 0.5) is 0 Å². The summed E-state index contributed by atoms with van der Waals surface area (Å²) in [6, 6.07) is 15.9. The second kappa shape index (κ2) is 7.98. The molecule has 0 saturated carbocycles. The molecule has 24 heavy (non-hydrogen) atoms. The fourth-order valence-electron chi connectivity index (χ4n) is 2.06. The molecule has 0 heterocycles. The lowest BCUT2D eigenvalue weighted by Crippen LogP contribution is -2.04. The van der Waals surface area contributed by atoms with Crippen molar-refractivity contribution in [1.82, 2.24) is 0 Å². The molecule has 0 bridgehead atoms. The molecule has 0 amide bonds. The molecule has 122 valence electrons. The summed E-state index contributed by atoms with van der Waals surface area (Å²) < 4.78 is 5.63. The molecule has 0 aliphatic carbocycles. The Labute approximate surface area is 141 Å². The van der Waals surface area contributed by atoms with Crippen molar-refractivity contribution in [2.75, 3.05) is 6.61 Å². The number of carbonyl (C=O) groups is 1. The SMILES string of the molecule is CC(C)COc1ccc(/C=C(/C#N)c2ccc(C(=O)O)cc2)cc1. The third-order valence-electron chi connectivity index (χ3n) is 3.34. The van der Waals surface area contributed by atoms with E-state index in [1.807, 2.05) is 24.3 Å². The molecule has 0 radical (unpaired) electrons. The summed E-state index contributed by atoms with van der Waals surface area (Å²) in [7, 11) is 0. The van der Waals surface area contributed by atoms with Crippen LogP contribution >= 0.6 is 0 Å². The van der Waals surface area contributed by atoms with Crippen LogP contribution in [0.3, 0.4) is 0 Å². The van der Waals surface area contributed by atoms with Gasteiger partial charge >= 0.3 is 5.97 Å². The van der Waals surface area contributed by atoms with Crippen molar-refractivity contribution in [3.05, 3.63) is 65.2 Å². The zero-order valence-electron chi connectivity index (χ0n) is 13.7. The van der Waals surface area contributed by atoms with E-state index in [0.717, 1.165) is 11.3 Å². The largest absolute Gasteiger partial charge is 0.493 e. The van der Waals surface area contributed by atoms with Crippen molar-refractivity contribution in [2.45, 2.75) is 13.8 Å². The van der Waals surface area contributed by atoms with Gasteiger partial charge in [0.15, 0.2) is 0 Å². The predicted molar refractivity (Wildman–Crippen MR) is 93.7 cm³/mol. The van der Waals surface area contributed by atoms with Crippen LogP contribution in [0.15, 0.2) is 48.5 Å². The highest BCUT2D eigenvalue weighted by Crippen LogP contribution is 2.20. The molecule has 0 atom stereocenters. The summed E-state index contributed by atoms with van der Waals surface area (Å²) >= 11 is 0. The second-order valence-electron chi connectivity index (χ2n) is 5.83. The lowest BCUT2D eigenvalue weighted by Gasteiger charge is -2.08. The van der Waals surface area contributed by atoms with Crippen LogP contribution in [-0.4, -0.2) is 17.7 Å². The van der Waals surface area contributed by atoms with Crippen molar-refractivity contribution in [3.63, 3.8) is 0 Å². The molecule has 0 spiro atoms. The molecule has 0 fully saturated rings. The highest BCUT2D eigenvalue weighted by molar-refractivity contribution is 5.92. The molecule has 2 aromatic carbocycles.